The summed E-state index contributed by atoms with van der Waals surface area (Å²) in [5.41, 5.74) is 2.91. The molecule has 0 spiro atoms. The van der Waals surface area contributed by atoms with Crippen molar-refractivity contribution in [2.45, 2.75) is 37.5 Å². The molecule has 35 heavy (non-hydrogen) atoms. The molecule has 1 N–H and O–H groups in total. The summed E-state index contributed by atoms with van der Waals surface area (Å²) in [6.07, 6.45) is 2.30. The van der Waals surface area contributed by atoms with Gasteiger partial charge < -0.3 is 15.1 Å². The molecule has 0 aromatic heterocycles. The van der Waals surface area contributed by atoms with E-state index in [0.717, 1.165) is 24.1 Å². The zero-order valence-corrected chi connectivity index (χ0v) is 20.4. The van der Waals surface area contributed by atoms with Crippen molar-refractivity contribution < 1.29 is 22.8 Å². The number of hydrogen-bond acceptors (Lipinski definition) is 5. The number of carbonyl (C=O) groups excluding carboxylic acids is 3. The van der Waals surface area contributed by atoms with E-state index in [0.29, 0.717) is 30.8 Å². The summed E-state index contributed by atoms with van der Waals surface area (Å²) in [6.45, 7) is 2.58. The highest BCUT2D eigenvalue weighted by Crippen LogP contribution is 2.34. The van der Waals surface area contributed by atoms with Crippen molar-refractivity contribution in [2.24, 2.45) is 5.92 Å². The predicted molar refractivity (Wildman–Crippen MR) is 132 cm³/mol. The molecule has 0 bridgehead atoms. The first-order valence-corrected chi connectivity index (χ1v) is 13.3. The van der Waals surface area contributed by atoms with Crippen LogP contribution in [-0.4, -0.2) is 56.6 Å². The van der Waals surface area contributed by atoms with Gasteiger partial charge in [-0.15, -0.1) is 0 Å². The second kappa shape index (κ2) is 9.09. The van der Waals surface area contributed by atoms with E-state index in [-0.39, 0.29) is 48.2 Å². The molecule has 0 aliphatic carbocycles. The monoisotopic (exact) mass is 496 g/mol. The Morgan fingerprint density at radius 2 is 1.71 bits per heavy atom. The number of piperidine rings is 1. The summed E-state index contributed by atoms with van der Waals surface area (Å²) in [5, 5.41) is 2.78. The Bertz CT molecular complexity index is 1300. The van der Waals surface area contributed by atoms with Crippen molar-refractivity contribution in [3.63, 3.8) is 0 Å². The average molecular weight is 497 g/mol. The van der Waals surface area contributed by atoms with E-state index in [9.17, 15) is 22.8 Å². The lowest BCUT2D eigenvalue weighted by molar-refractivity contribution is -0.125. The van der Waals surface area contributed by atoms with Crippen LogP contribution in [-0.2, 0) is 30.8 Å². The maximum absolute atomic E-state index is 13.4. The minimum atomic E-state index is -3.72. The molecule has 2 aromatic carbocycles. The van der Waals surface area contributed by atoms with Gasteiger partial charge in [0, 0.05) is 38.2 Å². The molecular weight excluding hydrogens is 468 g/mol. The first-order valence-electron chi connectivity index (χ1n) is 11.9. The van der Waals surface area contributed by atoms with Gasteiger partial charge in [0.05, 0.1) is 16.3 Å². The first-order chi connectivity index (χ1) is 16.8. The molecule has 1 saturated heterocycles. The molecule has 3 aliphatic rings. The van der Waals surface area contributed by atoms with Crippen molar-refractivity contribution in [1.82, 2.24) is 4.31 Å². The van der Waals surface area contributed by atoms with Crippen molar-refractivity contribution in [1.29, 1.82) is 0 Å². The largest absolute Gasteiger partial charge is 0.323 e. The number of benzene rings is 2. The number of sulfonamides is 1. The van der Waals surface area contributed by atoms with Crippen LogP contribution in [0.15, 0.2) is 47.4 Å². The van der Waals surface area contributed by atoms with Crippen LogP contribution in [0.3, 0.4) is 0 Å². The van der Waals surface area contributed by atoms with E-state index in [1.54, 1.807) is 41.3 Å². The topological polar surface area (TPSA) is 107 Å². The highest BCUT2D eigenvalue weighted by Gasteiger charge is 2.36. The fourth-order valence-corrected chi connectivity index (χ4v) is 6.72. The number of nitrogens with one attached hydrogen (secondary N) is 1. The van der Waals surface area contributed by atoms with Crippen LogP contribution in [0.1, 0.15) is 31.7 Å². The molecule has 9 nitrogen and oxygen atoms in total. The zero-order chi connectivity index (χ0) is 24.7. The van der Waals surface area contributed by atoms with Gasteiger partial charge in [0.15, 0.2) is 0 Å². The molecule has 0 unspecified atom stereocenters. The Hall–Kier alpha value is -3.24. The Kier molecular flexibility index (Phi) is 6.10. The molecule has 0 saturated carbocycles. The lowest BCUT2D eigenvalue weighted by Crippen LogP contribution is -2.48. The Morgan fingerprint density at radius 1 is 0.971 bits per heavy atom. The fraction of sp³-hybridized carbons (Fsp3) is 0.400. The molecule has 1 fully saturated rings. The van der Waals surface area contributed by atoms with Crippen molar-refractivity contribution >= 4 is 44.8 Å². The minimum Gasteiger partial charge on any atom is -0.323 e. The number of para-hydroxylation sites is 2. The Balaban J connectivity index is 1.30. The summed E-state index contributed by atoms with van der Waals surface area (Å²) < 4.78 is 28.2. The van der Waals surface area contributed by atoms with E-state index in [1.165, 1.54) is 16.1 Å². The number of amides is 3. The SMILES string of the molecule is CC(=O)N1CCCc2cc(S(=O)(=O)N3CCC(C(=O)N4CC(=O)Nc5ccccc54)CC3)ccc21. The Morgan fingerprint density at radius 3 is 2.46 bits per heavy atom. The third-order valence-electron chi connectivity index (χ3n) is 7.03. The third-order valence-corrected chi connectivity index (χ3v) is 8.92. The van der Waals surface area contributed by atoms with Gasteiger partial charge in [0.2, 0.25) is 27.7 Å². The van der Waals surface area contributed by atoms with E-state index >= 15 is 0 Å². The molecule has 3 aliphatic heterocycles. The molecule has 3 heterocycles. The van der Waals surface area contributed by atoms with Gasteiger partial charge >= 0.3 is 0 Å². The average Bonchev–Trinajstić information content (AvgIpc) is 2.87. The van der Waals surface area contributed by atoms with Gasteiger partial charge in [-0.05, 0) is 61.6 Å². The molecule has 0 radical (unpaired) electrons. The van der Waals surface area contributed by atoms with Crippen molar-refractivity contribution in [2.75, 3.05) is 41.3 Å². The predicted octanol–water partition coefficient (Wildman–Crippen LogP) is 2.37. The molecule has 3 amide bonds. The lowest BCUT2D eigenvalue weighted by atomic mass is 9.95. The number of anilines is 3. The summed E-state index contributed by atoms with van der Waals surface area (Å²) >= 11 is 0. The number of rotatable bonds is 3. The molecule has 2 aromatic rings. The maximum atomic E-state index is 13.4. The zero-order valence-electron chi connectivity index (χ0n) is 19.6. The maximum Gasteiger partial charge on any atom is 0.244 e. The van der Waals surface area contributed by atoms with Gasteiger partial charge in [0.1, 0.15) is 6.54 Å². The van der Waals surface area contributed by atoms with Crippen LogP contribution >= 0.6 is 0 Å². The summed E-state index contributed by atoms with van der Waals surface area (Å²) in [7, 11) is -3.72. The van der Waals surface area contributed by atoms with Crippen LogP contribution in [0.2, 0.25) is 0 Å². The van der Waals surface area contributed by atoms with E-state index < -0.39 is 10.0 Å². The normalized spacial score (nSPS) is 19.1. The van der Waals surface area contributed by atoms with E-state index in [4.69, 9.17) is 0 Å². The van der Waals surface area contributed by atoms with Gasteiger partial charge in [-0.3, -0.25) is 14.4 Å². The second-order valence-corrected chi connectivity index (χ2v) is 11.2. The highest BCUT2D eigenvalue weighted by molar-refractivity contribution is 7.89. The number of fused-ring (bicyclic) bond motifs is 2. The quantitative estimate of drug-likeness (QED) is 0.702. The van der Waals surface area contributed by atoms with Gasteiger partial charge in [-0.2, -0.15) is 4.31 Å². The number of hydrogen-bond donors (Lipinski definition) is 1. The fourth-order valence-electron chi connectivity index (χ4n) is 5.20. The number of aryl methyl sites for hydroxylation is 1. The van der Waals surface area contributed by atoms with Crippen molar-refractivity contribution in [3.8, 4) is 0 Å². The van der Waals surface area contributed by atoms with Crippen LogP contribution < -0.4 is 15.1 Å². The molecule has 10 heteroatoms. The third kappa shape index (κ3) is 4.32. The Labute approximate surface area is 204 Å². The first kappa shape index (κ1) is 23.5. The van der Waals surface area contributed by atoms with E-state index in [2.05, 4.69) is 5.32 Å². The van der Waals surface area contributed by atoms with Crippen LogP contribution in [0.4, 0.5) is 17.1 Å². The van der Waals surface area contributed by atoms with Crippen LogP contribution in [0.25, 0.3) is 0 Å². The van der Waals surface area contributed by atoms with Gasteiger partial charge in [-0.1, -0.05) is 12.1 Å². The van der Waals surface area contributed by atoms with Gasteiger partial charge in [0.25, 0.3) is 0 Å². The van der Waals surface area contributed by atoms with Gasteiger partial charge in [-0.25, -0.2) is 8.42 Å². The highest BCUT2D eigenvalue weighted by atomic mass is 32.2. The summed E-state index contributed by atoms with van der Waals surface area (Å²) in [6, 6.07) is 12.1. The second-order valence-electron chi connectivity index (χ2n) is 9.23. The molecular formula is C25H28N4O5S. The summed E-state index contributed by atoms with van der Waals surface area (Å²) in [4.78, 5) is 40.7. The molecule has 5 rings (SSSR count). The number of nitrogens with zero attached hydrogens (tertiary/aromatic N) is 3. The summed E-state index contributed by atoms with van der Waals surface area (Å²) in [5.74, 6) is -0.801. The van der Waals surface area contributed by atoms with E-state index in [1.807, 2.05) is 6.07 Å². The van der Waals surface area contributed by atoms with Crippen LogP contribution in [0.5, 0.6) is 0 Å². The lowest BCUT2D eigenvalue weighted by Gasteiger charge is -2.35. The smallest absolute Gasteiger partial charge is 0.244 e. The minimum absolute atomic E-state index is 0.0409. The molecule has 184 valence electrons. The van der Waals surface area contributed by atoms with Crippen LogP contribution in [0, 0.1) is 5.92 Å². The molecule has 0 atom stereocenters. The standard InChI is InChI=1S/C25H28N4O5S/c1-17(30)28-12-4-5-19-15-20(8-9-22(19)28)35(33,34)27-13-10-18(11-14-27)25(32)29-16-24(31)26-21-6-2-3-7-23(21)29/h2-3,6-9,15,18H,4-5,10-14,16H2,1H3,(H,26,31). The number of carbonyl (C=O) groups is 3. The van der Waals surface area contributed by atoms with Crippen molar-refractivity contribution in [3.05, 3.63) is 48.0 Å².